The highest BCUT2D eigenvalue weighted by molar-refractivity contribution is 7.20. The zero-order chi connectivity index (χ0) is 25.7. The van der Waals surface area contributed by atoms with Crippen molar-refractivity contribution in [3.05, 3.63) is 160 Å². The molecule has 0 unspecified atom stereocenters. The SMILES string of the molecule is Clc1ccc(C2=C[Si]3(C=C2c2ccc(Cl)cc2)c2ccccc2B(c2ccccc2)c2ccccc23)cc1. The lowest BCUT2D eigenvalue weighted by Crippen LogP contribution is -2.77. The first kappa shape index (κ1) is 23.6. The van der Waals surface area contributed by atoms with E-state index in [4.69, 9.17) is 23.2 Å². The molecule has 2 aliphatic heterocycles. The van der Waals surface area contributed by atoms with Crippen molar-refractivity contribution in [3.8, 4) is 0 Å². The van der Waals surface area contributed by atoms with Crippen LogP contribution in [0.5, 0.6) is 0 Å². The van der Waals surface area contributed by atoms with E-state index < -0.39 is 8.07 Å². The van der Waals surface area contributed by atoms with Crippen LogP contribution >= 0.6 is 23.2 Å². The van der Waals surface area contributed by atoms with Crippen molar-refractivity contribution in [2.75, 3.05) is 0 Å². The number of benzene rings is 5. The van der Waals surface area contributed by atoms with Gasteiger partial charge in [0, 0.05) is 10.0 Å². The highest BCUT2D eigenvalue weighted by Crippen LogP contribution is 2.40. The molecule has 5 aromatic rings. The minimum Gasteiger partial charge on any atom is -0.0843 e. The Morgan fingerprint density at radius 3 is 1.34 bits per heavy atom. The van der Waals surface area contributed by atoms with E-state index in [0.717, 1.165) is 10.0 Å². The van der Waals surface area contributed by atoms with Crippen LogP contribution in [0.3, 0.4) is 0 Å². The number of rotatable bonds is 3. The Morgan fingerprint density at radius 2 is 0.868 bits per heavy atom. The largest absolute Gasteiger partial charge is 0.240 e. The molecule has 0 aliphatic carbocycles. The molecule has 0 saturated heterocycles. The second-order valence-corrected chi connectivity index (χ2v) is 14.3. The molecule has 0 radical (unpaired) electrons. The maximum Gasteiger partial charge on any atom is 0.240 e. The first-order valence-electron chi connectivity index (χ1n) is 12.9. The van der Waals surface area contributed by atoms with Crippen molar-refractivity contribution < 1.29 is 0 Å². The molecule has 0 atom stereocenters. The van der Waals surface area contributed by atoms with Crippen molar-refractivity contribution in [3.63, 3.8) is 0 Å². The Balaban J connectivity index is 1.54. The predicted octanol–water partition coefficient (Wildman–Crippen LogP) is 5.65. The minimum absolute atomic E-state index is 0.210. The summed E-state index contributed by atoms with van der Waals surface area (Å²) in [6.45, 7) is 0.210. The number of hydrogen-bond donors (Lipinski definition) is 0. The molecule has 2 heterocycles. The third-order valence-electron chi connectivity index (χ3n) is 7.91. The topological polar surface area (TPSA) is 0 Å². The van der Waals surface area contributed by atoms with Gasteiger partial charge in [0.05, 0.1) is 0 Å². The first-order chi connectivity index (χ1) is 18.6. The van der Waals surface area contributed by atoms with Crippen LogP contribution in [-0.2, 0) is 0 Å². The van der Waals surface area contributed by atoms with Gasteiger partial charge in [0.15, 0.2) is 8.07 Å². The summed E-state index contributed by atoms with van der Waals surface area (Å²) in [4.78, 5) is 0. The summed E-state index contributed by atoms with van der Waals surface area (Å²) < 4.78 is 0. The van der Waals surface area contributed by atoms with Crippen molar-refractivity contribution >= 4 is 75.9 Å². The van der Waals surface area contributed by atoms with Crippen LogP contribution < -0.4 is 26.8 Å². The van der Waals surface area contributed by atoms with Gasteiger partial charge in [-0.05, 0) is 46.5 Å². The quantitative estimate of drug-likeness (QED) is 0.259. The number of hydrogen-bond acceptors (Lipinski definition) is 0. The van der Waals surface area contributed by atoms with Gasteiger partial charge in [-0.3, -0.25) is 0 Å². The zero-order valence-electron chi connectivity index (χ0n) is 20.6. The molecular weight excluding hydrogens is 518 g/mol. The Labute approximate surface area is 235 Å². The first-order valence-corrected chi connectivity index (χ1v) is 15.8. The molecule has 2 aliphatic rings. The summed E-state index contributed by atoms with van der Waals surface area (Å²) in [6.07, 6.45) is 0. The Morgan fingerprint density at radius 1 is 0.447 bits per heavy atom. The molecule has 5 aromatic carbocycles. The van der Waals surface area contributed by atoms with Crippen molar-refractivity contribution in [1.82, 2.24) is 0 Å². The standard InChI is InChI=1S/C34H23BCl2Si/c36-27-18-14-24(15-19-27)29-22-38(23-30(29)25-16-20-28(37)21-17-25)33-12-6-4-10-31(33)35(26-8-2-1-3-9-26)32-11-5-7-13-34(32)38/h1-23H. The van der Waals surface area contributed by atoms with Crippen LogP contribution in [0.4, 0.5) is 0 Å². The summed E-state index contributed by atoms with van der Waals surface area (Å²) in [5.74, 6) is 0. The molecule has 4 heteroatoms. The van der Waals surface area contributed by atoms with Crippen molar-refractivity contribution in [2.45, 2.75) is 0 Å². The second-order valence-electron chi connectivity index (χ2n) is 10.0. The average Bonchev–Trinajstić information content (AvgIpc) is 3.36. The molecule has 0 amide bonds. The van der Waals surface area contributed by atoms with Gasteiger partial charge in [-0.15, -0.1) is 0 Å². The molecule has 0 saturated carbocycles. The van der Waals surface area contributed by atoms with E-state index >= 15 is 0 Å². The van der Waals surface area contributed by atoms with E-state index in [9.17, 15) is 0 Å². The van der Waals surface area contributed by atoms with Crippen LogP contribution in [0.25, 0.3) is 11.1 Å². The minimum atomic E-state index is -2.44. The number of fused-ring (bicyclic) bond motifs is 4. The molecule has 0 nitrogen and oxygen atoms in total. The van der Waals surface area contributed by atoms with E-state index in [0.29, 0.717) is 0 Å². The molecule has 0 N–H and O–H groups in total. The highest BCUT2D eigenvalue weighted by atomic mass is 35.5. The number of allylic oxidation sites excluding steroid dienone is 2. The smallest absolute Gasteiger partial charge is 0.0843 e. The summed E-state index contributed by atoms with van der Waals surface area (Å²) in [5, 5.41) is 4.41. The van der Waals surface area contributed by atoms with E-state index in [1.54, 1.807) is 0 Å². The maximum absolute atomic E-state index is 6.30. The normalized spacial score (nSPS) is 15.1. The predicted molar refractivity (Wildman–Crippen MR) is 168 cm³/mol. The van der Waals surface area contributed by atoms with Gasteiger partial charge in [-0.2, -0.15) is 0 Å². The van der Waals surface area contributed by atoms with Gasteiger partial charge in [0.1, 0.15) is 0 Å². The fourth-order valence-electron chi connectivity index (χ4n) is 6.27. The lowest BCUT2D eigenvalue weighted by atomic mass is 9.36. The fraction of sp³-hybridized carbons (Fsp3) is 0. The molecule has 0 bridgehead atoms. The van der Waals surface area contributed by atoms with Crippen molar-refractivity contribution in [2.24, 2.45) is 0 Å². The maximum atomic E-state index is 6.30. The van der Waals surface area contributed by atoms with Gasteiger partial charge in [-0.25, -0.2) is 0 Å². The van der Waals surface area contributed by atoms with Crippen LogP contribution in [0, 0.1) is 0 Å². The molecule has 180 valence electrons. The lowest BCUT2D eigenvalue weighted by molar-refractivity contribution is 1.59. The summed E-state index contributed by atoms with van der Waals surface area (Å²) >= 11 is 12.6. The summed E-state index contributed by atoms with van der Waals surface area (Å²) in [6, 6.07) is 45.6. The van der Waals surface area contributed by atoms with E-state index in [1.165, 1.54) is 49.0 Å². The average molecular weight is 541 g/mol. The molecule has 0 fully saturated rings. The Kier molecular flexibility index (Phi) is 5.78. The van der Waals surface area contributed by atoms with E-state index in [2.05, 4.69) is 115 Å². The molecule has 7 rings (SSSR count). The second kappa shape index (κ2) is 9.32. The highest BCUT2D eigenvalue weighted by Gasteiger charge is 2.47. The van der Waals surface area contributed by atoms with E-state index in [-0.39, 0.29) is 6.71 Å². The third kappa shape index (κ3) is 3.75. The van der Waals surface area contributed by atoms with Gasteiger partial charge >= 0.3 is 0 Å². The van der Waals surface area contributed by atoms with Gasteiger partial charge in [0.2, 0.25) is 6.71 Å². The summed E-state index contributed by atoms with van der Waals surface area (Å²) in [5.41, 5.74) is 14.2. The van der Waals surface area contributed by atoms with Gasteiger partial charge in [0.25, 0.3) is 0 Å². The van der Waals surface area contributed by atoms with E-state index in [1.807, 2.05) is 24.3 Å². The van der Waals surface area contributed by atoms with Crippen LogP contribution in [0.1, 0.15) is 11.1 Å². The van der Waals surface area contributed by atoms with Gasteiger partial charge in [-0.1, -0.05) is 164 Å². The monoisotopic (exact) mass is 540 g/mol. The summed E-state index contributed by atoms with van der Waals surface area (Å²) in [7, 11) is -2.44. The lowest BCUT2D eigenvalue weighted by Gasteiger charge is -2.37. The number of halogens is 2. The Bertz CT molecular complexity index is 1610. The van der Waals surface area contributed by atoms with Gasteiger partial charge < -0.3 is 0 Å². The zero-order valence-corrected chi connectivity index (χ0v) is 23.1. The van der Waals surface area contributed by atoms with Crippen LogP contribution in [0.15, 0.2) is 139 Å². The van der Waals surface area contributed by atoms with Crippen LogP contribution in [0.2, 0.25) is 10.0 Å². The molecule has 1 spiro atoms. The van der Waals surface area contributed by atoms with Crippen LogP contribution in [-0.4, -0.2) is 14.8 Å². The Hall–Kier alpha value is -3.56. The molecule has 38 heavy (non-hydrogen) atoms. The van der Waals surface area contributed by atoms with Crippen molar-refractivity contribution in [1.29, 1.82) is 0 Å². The third-order valence-corrected chi connectivity index (χ3v) is 12.6. The molecular formula is C34H23BCl2Si. The fourth-order valence-corrected chi connectivity index (χ4v) is 11.2. The molecule has 0 aromatic heterocycles.